The molecule has 182 valence electrons. The van der Waals surface area contributed by atoms with Crippen LogP contribution in [0.25, 0.3) is 10.2 Å². The summed E-state index contributed by atoms with van der Waals surface area (Å²) >= 11 is 1.38. The van der Waals surface area contributed by atoms with Gasteiger partial charge in [0.2, 0.25) is 0 Å². The first-order chi connectivity index (χ1) is 16.9. The van der Waals surface area contributed by atoms with Gasteiger partial charge in [0.05, 0.1) is 16.4 Å². The lowest BCUT2D eigenvalue weighted by atomic mass is 9.75. The van der Waals surface area contributed by atoms with Gasteiger partial charge in [-0.1, -0.05) is 6.07 Å². The first kappa shape index (κ1) is 23.5. The molecule has 1 amide bonds. The number of nitrogens with zero attached hydrogens (tertiary/aromatic N) is 3. The fourth-order valence-electron chi connectivity index (χ4n) is 4.53. The van der Waals surface area contributed by atoms with E-state index in [1.54, 1.807) is 46.9 Å². The molecule has 0 radical (unpaired) electrons. The second-order valence-corrected chi connectivity index (χ2v) is 11.4. The van der Waals surface area contributed by atoms with Gasteiger partial charge in [-0.05, 0) is 61.2 Å². The largest absolute Gasteiger partial charge is 0.396 e. The Hall–Kier alpha value is -3.28. The molecule has 1 aliphatic heterocycles. The summed E-state index contributed by atoms with van der Waals surface area (Å²) in [5.41, 5.74) is 3.69. The van der Waals surface area contributed by atoms with E-state index in [1.807, 2.05) is 12.3 Å². The Morgan fingerprint density at radius 1 is 1.17 bits per heavy atom. The Morgan fingerprint density at radius 3 is 2.63 bits per heavy atom. The molecule has 3 N–H and O–H groups in total. The van der Waals surface area contributed by atoms with Crippen molar-refractivity contribution in [1.29, 1.82) is 0 Å². The number of aromatic amines is 1. The van der Waals surface area contributed by atoms with Crippen LogP contribution in [-0.4, -0.2) is 59.2 Å². The van der Waals surface area contributed by atoms with Crippen molar-refractivity contribution in [3.8, 4) is 0 Å². The summed E-state index contributed by atoms with van der Waals surface area (Å²) in [5.74, 6) is -0.110. The minimum atomic E-state index is -3.83. The number of aromatic nitrogens is 3. The average Bonchev–Trinajstić information content (AvgIpc) is 3.56. The lowest BCUT2D eigenvalue weighted by Crippen LogP contribution is -2.45. The van der Waals surface area contributed by atoms with Crippen molar-refractivity contribution < 1.29 is 18.3 Å². The highest BCUT2D eigenvalue weighted by molar-refractivity contribution is 7.93. The third-order valence-corrected chi connectivity index (χ3v) is 8.78. The van der Waals surface area contributed by atoms with E-state index < -0.39 is 10.0 Å². The number of fused-ring (bicyclic) bond motifs is 1. The number of aliphatic hydroxyl groups is 1. The highest BCUT2D eigenvalue weighted by Gasteiger charge is 2.36. The predicted octanol–water partition coefficient (Wildman–Crippen LogP) is 3.28. The zero-order valence-corrected chi connectivity index (χ0v) is 20.5. The van der Waals surface area contributed by atoms with Crippen LogP contribution in [0.2, 0.25) is 0 Å². The van der Waals surface area contributed by atoms with E-state index in [2.05, 4.69) is 19.9 Å². The standard InChI is InChI=1S/C24H25N5O4S2/c30-15-24(12-17-13-26-27-14-17)8-10-29(11-9-24)23(31)18-4-6-19(7-5-18)28-35(32,33)21-3-1-2-20-22(21)25-16-34-20/h1-7,13-14,16,28,30H,8-12,15H2,(H,26,27). The second kappa shape index (κ2) is 9.40. The molecule has 4 aromatic rings. The number of amides is 1. The van der Waals surface area contributed by atoms with Crippen LogP contribution in [0.15, 0.2) is 65.3 Å². The molecule has 2 aromatic heterocycles. The summed E-state index contributed by atoms with van der Waals surface area (Å²) in [5, 5.41) is 16.8. The molecule has 11 heteroatoms. The minimum absolute atomic E-state index is 0.0592. The Balaban J connectivity index is 1.24. The summed E-state index contributed by atoms with van der Waals surface area (Å²) < 4.78 is 29.2. The molecule has 0 bridgehead atoms. The van der Waals surface area contributed by atoms with Crippen LogP contribution in [-0.2, 0) is 16.4 Å². The first-order valence-electron chi connectivity index (χ1n) is 11.2. The van der Waals surface area contributed by atoms with Gasteiger partial charge in [-0.3, -0.25) is 14.6 Å². The summed E-state index contributed by atoms with van der Waals surface area (Å²) in [6.45, 7) is 1.15. The van der Waals surface area contributed by atoms with Crippen LogP contribution in [0.5, 0.6) is 0 Å². The molecule has 2 aromatic carbocycles. The number of hydrogen-bond donors (Lipinski definition) is 3. The van der Waals surface area contributed by atoms with Crippen molar-refractivity contribution in [2.24, 2.45) is 5.41 Å². The van der Waals surface area contributed by atoms with E-state index in [0.29, 0.717) is 49.1 Å². The molecule has 3 heterocycles. The maximum Gasteiger partial charge on any atom is 0.264 e. The number of para-hydroxylation sites is 1. The second-order valence-electron chi connectivity index (χ2n) is 8.87. The first-order valence-corrected chi connectivity index (χ1v) is 13.6. The van der Waals surface area contributed by atoms with Crippen molar-refractivity contribution in [3.63, 3.8) is 0 Å². The molecule has 1 saturated heterocycles. The van der Waals surface area contributed by atoms with Crippen LogP contribution in [0.3, 0.4) is 0 Å². The number of benzene rings is 2. The van der Waals surface area contributed by atoms with E-state index in [-0.39, 0.29) is 22.8 Å². The zero-order valence-electron chi connectivity index (χ0n) is 18.8. The molecule has 35 heavy (non-hydrogen) atoms. The molecule has 5 rings (SSSR count). The van der Waals surface area contributed by atoms with Gasteiger partial charge in [-0.15, -0.1) is 11.3 Å². The minimum Gasteiger partial charge on any atom is -0.396 e. The Kier molecular flexibility index (Phi) is 6.30. The number of anilines is 1. The number of piperidine rings is 1. The van der Waals surface area contributed by atoms with E-state index >= 15 is 0 Å². The van der Waals surface area contributed by atoms with Crippen molar-refractivity contribution in [2.75, 3.05) is 24.4 Å². The molecule has 1 fully saturated rings. The smallest absolute Gasteiger partial charge is 0.264 e. The number of nitrogens with one attached hydrogen (secondary N) is 2. The van der Waals surface area contributed by atoms with E-state index in [9.17, 15) is 18.3 Å². The molecule has 1 aliphatic rings. The number of likely N-dealkylation sites (tertiary alicyclic amines) is 1. The summed E-state index contributed by atoms with van der Waals surface area (Å²) in [6.07, 6.45) is 5.70. The number of sulfonamides is 1. The highest BCUT2D eigenvalue weighted by Crippen LogP contribution is 2.35. The number of carbonyl (C=O) groups excluding carboxylic acids is 1. The average molecular weight is 512 g/mol. The maximum absolute atomic E-state index is 13.1. The zero-order chi connectivity index (χ0) is 24.5. The number of hydrogen-bond acceptors (Lipinski definition) is 7. The topological polar surface area (TPSA) is 128 Å². The van der Waals surface area contributed by atoms with E-state index in [1.165, 1.54) is 17.4 Å². The lowest BCUT2D eigenvalue weighted by molar-refractivity contribution is 0.0358. The third-order valence-electron chi connectivity index (χ3n) is 6.58. The van der Waals surface area contributed by atoms with Gasteiger partial charge < -0.3 is 10.0 Å². The van der Waals surface area contributed by atoms with E-state index in [4.69, 9.17) is 0 Å². The highest BCUT2D eigenvalue weighted by atomic mass is 32.2. The van der Waals surface area contributed by atoms with Gasteiger partial charge in [0.15, 0.2) is 0 Å². The maximum atomic E-state index is 13.1. The monoisotopic (exact) mass is 511 g/mol. The van der Waals surface area contributed by atoms with Gasteiger partial charge in [0, 0.05) is 42.6 Å². The van der Waals surface area contributed by atoms with Gasteiger partial charge in [-0.25, -0.2) is 13.4 Å². The summed E-state index contributed by atoms with van der Waals surface area (Å²) in [7, 11) is -3.83. The van der Waals surface area contributed by atoms with Gasteiger partial charge >= 0.3 is 0 Å². The Morgan fingerprint density at radius 2 is 1.94 bits per heavy atom. The summed E-state index contributed by atoms with van der Waals surface area (Å²) in [4.78, 5) is 19.1. The molecular weight excluding hydrogens is 486 g/mol. The molecule has 0 atom stereocenters. The molecule has 9 nitrogen and oxygen atoms in total. The van der Waals surface area contributed by atoms with Crippen LogP contribution < -0.4 is 4.72 Å². The fraction of sp³-hybridized carbons (Fsp3) is 0.292. The Bertz CT molecular complexity index is 1420. The number of thiazole rings is 1. The van der Waals surface area contributed by atoms with Crippen molar-refractivity contribution >= 4 is 43.2 Å². The van der Waals surface area contributed by atoms with Crippen LogP contribution in [0, 0.1) is 5.41 Å². The van der Waals surface area contributed by atoms with Gasteiger partial charge in [0.25, 0.3) is 15.9 Å². The molecule has 0 unspecified atom stereocenters. The van der Waals surface area contributed by atoms with Gasteiger partial charge in [0.1, 0.15) is 10.4 Å². The number of rotatable bonds is 7. The predicted molar refractivity (Wildman–Crippen MR) is 134 cm³/mol. The number of carbonyl (C=O) groups is 1. The van der Waals surface area contributed by atoms with Crippen LogP contribution in [0.1, 0.15) is 28.8 Å². The van der Waals surface area contributed by atoms with Crippen molar-refractivity contribution in [1.82, 2.24) is 20.1 Å². The molecular formula is C24H25N5O4S2. The molecule has 0 aliphatic carbocycles. The number of H-pyrrole nitrogens is 1. The van der Waals surface area contributed by atoms with Gasteiger partial charge in [-0.2, -0.15) is 5.10 Å². The van der Waals surface area contributed by atoms with Crippen molar-refractivity contribution in [3.05, 3.63) is 71.5 Å². The van der Waals surface area contributed by atoms with Crippen LogP contribution >= 0.6 is 11.3 Å². The SMILES string of the molecule is O=C(c1ccc(NS(=O)(=O)c2cccc3scnc23)cc1)N1CCC(CO)(Cc2cn[nH]c2)CC1. The van der Waals surface area contributed by atoms with Crippen LogP contribution in [0.4, 0.5) is 5.69 Å². The number of aliphatic hydroxyl groups excluding tert-OH is 1. The Labute approximate surface area is 206 Å². The third kappa shape index (κ3) is 4.79. The molecule has 0 saturated carbocycles. The fourth-order valence-corrected chi connectivity index (χ4v) is 6.53. The molecule has 0 spiro atoms. The normalized spacial score (nSPS) is 15.9. The van der Waals surface area contributed by atoms with Crippen molar-refractivity contribution in [2.45, 2.75) is 24.2 Å². The quantitative estimate of drug-likeness (QED) is 0.349. The van der Waals surface area contributed by atoms with E-state index in [0.717, 1.165) is 10.3 Å². The summed E-state index contributed by atoms with van der Waals surface area (Å²) in [6, 6.07) is 11.5. The lowest BCUT2D eigenvalue weighted by Gasteiger charge is -2.40.